The normalized spacial score (nSPS) is 10.7. The van der Waals surface area contributed by atoms with Crippen LogP contribution in [0.4, 0.5) is 0 Å². The van der Waals surface area contributed by atoms with Gasteiger partial charge in [0.15, 0.2) is 0 Å². The Kier molecular flexibility index (Phi) is 7.97. The van der Waals surface area contributed by atoms with E-state index in [4.69, 9.17) is 9.47 Å². The standard InChI is InChI=1S/C25H24N2O5/c1-2-3-16-31-20-14-10-19(11-15-20)25(30)32-21-12-8-18(9-13-21)17-26-27-24(29)22-6-4-5-7-23(22)28/h4-15,17,28H,2-3,16H2,1H3,(H,27,29)/b26-17-. The van der Waals surface area contributed by atoms with Gasteiger partial charge in [-0.25, -0.2) is 10.2 Å². The average Bonchev–Trinajstić information content (AvgIpc) is 2.81. The number of benzene rings is 3. The first-order valence-electron chi connectivity index (χ1n) is 10.2. The summed E-state index contributed by atoms with van der Waals surface area (Å²) in [5.41, 5.74) is 3.60. The Morgan fingerprint density at radius 1 is 0.969 bits per heavy atom. The van der Waals surface area contributed by atoms with Crippen molar-refractivity contribution in [3.05, 3.63) is 89.5 Å². The fourth-order valence-corrected chi connectivity index (χ4v) is 2.70. The van der Waals surface area contributed by atoms with Gasteiger partial charge in [-0.2, -0.15) is 5.10 Å². The fourth-order valence-electron chi connectivity index (χ4n) is 2.70. The van der Waals surface area contributed by atoms with Crippen molar-refractivity contribution < 1.29 is 24.2 Å². The summed E-state index contributed by atoms with van der Waals surface area (Å²) < 4.78 is 11.0. The number of carbonyl (C=O) groups excluding carboxylic acids is 2. The molecule has 0 aliphatic heterocycles. The minimum atomic E-state index is -0.522. The summed E-state index contributed by atoms with van der Waals surface area (Å²) in [5.74, 6) is -0.0139. The van der Waals surface area contributed by atoms with E-state index < -0.39 is 11.9 Å². The van der Waals surface area contributed by atoms with Crippen LogP contribution in [0.15, 0.2) is 77.9 Å². The van der Waals surface area contributed by atoms with Crippen molar-refractivity contribution in [3.63, 3.8) is 0 Å². The first-order chi connectivity index (χ1) is 15.6. The third-order valence-electron chi connectivity index (χ3n) is 4.48. The van der Waals surface area contributed by atoms with Crippen LogP contribution >= 0.6 is 0 Å². The molecule has 7 heteroatoms. The number of aromatic hydroxyl groups is 1. The van der Waals surface area contributed by atoms with Crippen LogP contribution in [-0.2, 0) is 0 Å². The van der Waals surface area contributed by atoms with Gasteiger partial charge in [-0.05, 0) is 72.6 Å². The summed E-state index contributed by atoms with van der Waals surface area (Å²) >= 11 is 0. The zero-order chi connectivity index (χ0) is 22.8. The zero-order valence-corrected chi connectivity index (χ0v) is 17.7. The maximum absolute atomic E-state index is 12.3. The van der Waals surface area contributed by atoms with E-state index in [1.807, 2.05) is 0 Å². The molecule has 3 aromatic carbocycles. The van der Waals surface area contributed by atoms with Crippen LogP contribution in [0.5, 0.6) is 17.2 Å². The molecular weight excluding hydrogens is 408 g/mol. The molecule has 0 aromatic heterocycles. The van der Waals surface area contributed by atoms with Crippen LogP contribution in [0, 0.1) is 0 Å². The van der Waals surface area contributed by atoms with Crippen molar-refractivity contribution in [1.82, 2.24) is 5.43 Å². The van der Waals surface area contributed by atoms with Crippen LogP contribution in [0.2, 0.25) is 0 Å². The molecule has 0 atom stereocenters. The minimum absolute atomic E-state index is 0.120. The summed E-state index contributed by atoms with van der Waals surface area (Å²) in [5, 5.41) is 13.6. The van der Waals surface area contributed by atoms with Gasteiger partial charge in [0.1, 0.15) is 17.2 Å². The molecule has 164 valence electrons. The van der Waals surface area contributed by atoms with Crippen LogP contribution in [0.1, 0.15) is 46.0 Å². The number of hydrogen-bond donors (Lipinski definition) is 2. The van der Waals surface area contributed by atoms with Gasteiger partial charge < -0.3 is 14.6 Å². The molecule has 0 fully saturated rings. The van der Waals surface area contributed by atoms with Crippen molar-refractivity contribution in [1.29, 1.82) is 0 Å². The monoisotopic (exact) mass is 432 g/mol. The fraction of sp³-hybridized carbons (Fsp3) is 0.160. The van der Waals surface area contributed by atoms with E-state index in [0.717, 1.165) is 12.8 Å². The number of hydrogen-bond acceptors (Lipinski definition) is 6. The summed E-state index contributed by atoms with van der Waals surface area (Å²) in [4.78, 5) is 24.3. The highest BCUT2D eigenvalue weighted by molar-refractivity contribution is 5.97. The smallest absolute Gasteiger partial charge is 0.343 e. The predicted molar refractivity (Wildman–Crippen MR) is 121 cm³/mol. The number of rotatable bonds is 9. The number of amides is 1. The molecule has 0 spiro atoms. The number of nitrogens with zero attached hydrogens (tertiary/aromatic N) is 1. The number of phenols is 1. The number of carbonyl (C=O) groups is 2. The summed E-state index contributed by atoms with van der Waals surface area (Å²) in [7, 11) is 0. The van der Waals surface area contributed by atoms with Crippen LogP contribution in [0.3, 0.4) is 0 Å². The predicted octanol–water partition coefficient (Wildman–Crippen LogP) is 4.55. The lowest BCUT2D eigenvalue weighted by atomic mass is 10.2. The maximum Gasteiger partial charge on any atom is 0.343 e. The van der Waals surface area contributed by atoms with Gasteiger partial charge in [0.05, 0.1) is 23.9 Å². The lowest BCUT2D eigenvalue weighted by molar-refractivity contribution is 0.0734. The number of para-hydroxylation sites is 1. The molecule has 0 aliphatic rings. The maximum atomic E-state index is 12.3. The number of phenolic OH excluding ortho intramolecular Hbond substituents is 1. The van der Waals surface area contributed by atoms with E-state index in [9.17, 15) is 14.7 Å². The van der Waals surface area contributed by atoms with E-state index in [-0.39, 0.29) is 11.3 Å². The van der Waals surface area contributed by atoms with E-state index in [0.29, 0.717) is 29.2 Å². The molecule has 0 aliphatic carbocycles. The minimum Gasteiger partial charge on any atom is -0.507 e. The molecule has 32 heavy (non-hydrogen) atoms. The molecule has 0 radical (unpaired) electrons. The molecule has 3 rings (SSSR count). The Balaban J connectivity index is 1.52. The first kappa shape index (κ1) is 22.6. The summed E-state index contributed by atoms with van der Waals surface area (Å²) in [6.07, 6.45) is 3.48. The number of nitrogens with one attached hydrogen (secondary N) is 1. The van der Waals surface area contributed by atoms with E-state index in [1.165, 1.54) is 18.3 Å². The van der Waals surface area contributed by atoms with Crippen molar-refractivity contribution >= 4 is 18.1 Å². The Morgan fingerprint density at radius 3 is 2.34 bits per heavy atom. The second kappa shape index (κ2) is 11.3. The lowest BCUT2D eigenvalue weighted by Gasteiger charge is -2.07. The van der Waals surface area contributed by atoms with Crippen molar-refractivity contribution in [2.75, 3.05) is 6.61 Å². The number of unbranched alkanes of at least 4 members (excludes halogenated alkanes) is 1. The van der Waals surface area contributed by atoms with Gasteiger partial charge in [-0.3, -0.25) is 4.79 Å². The Hall–Kier alpha value is -4.13. The van der Waals surface area contributed by atoms with E-state index >= 15 is 0 Å². The van der Waals surface area contributed by atoms with Gasteiger partial charge in [-0.15, -0.1) is 0 Å². The first-order valence-corrected chi connectivity index (χ1v) is 10.2. The summed E-state index contributed by atoms with van der Waals surface area (Å²) in [6.45, 7) is 2.74. The molecule has 2 N–H and O–H groups in total. The van der Waals surface area contributed by atoms with Crippen molar-refractivity contribution in [2.45, 2.75) is 19.8 Å². The van der Waals surface area contributed by atoms with Crippen LogP contribution in [0.25, 0.3) is 0 Å². The van der Waals surface area contributed by atoms with Crippen molar-refractivity contribution in [3.8, 4) is 17.2 Å². The zero-order valence-electron chi connectivity index (χ0n) is 17.7. The molecule has 7 nitrogen and oxygen atoms in total. The third-order valence-corrected chi connectivity index (χ3v) is 4.48. The van der Waals surface area contributed by atoms with Gasteiger partial charge in [0.25, 0.3) is 5.91 Å². The molecule has 3 aromatic rings. The molecular formula is C25H24N2O5. The highest BCUT2D eigenvalue weighted by atomic mass is 16.5. The Morgan fingerprint density at radius 2 is 1.66 bits per heavy atom. The summed E-state index contributed by atoms with van der Waals surface area (Å²) in [6, 6.07) is 19.7. The van der Waals surface area contributed by atoms with E-state index in [1.54, 1.807) is 60.7 Å². The second-order valence-electron chi connectivity index (χ2n) is 6.90. The molecule has 0 bridgehead atoms. The molecule has 0 heterocycles. The van der Waals surface area contributed by atoms with Crippen LogP contribution in [-0.4, -0.2) is 29.8 Å². The van der Waals surface area contributed by atoms with Gasteiger partial charge in [-0.1, -0.05) is 25.5 Å². The molecule has 1 amide bonds. The van der Waals surface area contributed by atoms with E-state index in [2.05, 4.69) is 17.5 Å². The third kappa shape index (κ3) is 6.43. The number of hydrazone groups is 1. The SMILES string of the molecule is CCCCOc1ccc(C(=O)Oc2ccc(/C=N\NC(=O)c3ccccc3O)cc2)cc1. The van der Waals surface area contributed by atoms with Crippen LogP contribution < -0.4 is 14.9 Å². The lowest BCUT2D eigenvalue weighted by Crippen LogP contribution is -2.17. The largest absolute Gasteiger partial charge is 0.507 e. The second-order valence-corrected chi connectivity index (χ2v) is 6.90. The highest BCUT2D eigenvalue weighted by Crippen LogP contribution is 2.17. The quantitative estimate of drug-likeness (QED) is 0.170. The topological polar surface area (TPSA) is 97.2 Å². The Bertz CT molecular complexity index is 1080. The van der Waals surface area contributed by atoms with Crippen molar-refractivity contribution in [2.24, 2.45) is 5.10 Å². The number of esters is 1. The van der Waals surface area contributed by atoms with Gasteiger partial charge >= 0.3 is 5.97 Å². The highest BCUT2D eigenvalue weighted by Gasteiger charge is 2.10. The Labute approximate surface area is 186 Å². The molecule has 0 saturated carbocycles. The van der Waals surface area contributed by atoms with Gasteiger partial charge in [0, 0.05) is 0 Å². The number of ether oxygens (including phenoxy) is 2. The molecule has 0 unspecified atom stereocenters. The molecule has 0 saturated heterocycles. The van der Waals surface area contributed by atoms with Gasteiger partial charge in [0.2, 0.25) is 0 Å². The average molecular weight is 432 g/mol.